The van der Waals surface area contributed by atoms with Crippen molar-refractivity contribution in [3.05, 3.63) is 35.4 Å². The fourth-order valence-electron chi connectivity index (χ4n) is 1.59. The average molecular weight is 280 g/mol. The lowest BCUT2D eigenvalue weighted by Gasteiger charge is -2.17. The van der Waals surface area contributed by atoms with E-state index in [1.807, 2.05) is 18.9 Å². The summed E-state index contributed by atoms with van der Waals surface area (Å²) in [6.07, 6.45) is -3.41. The van der Waals surface area contributed by atoms with E-state index in [2.05, 4.69) is 0 Å². The second-order valence-corrected chi connectivity index (χ2v) is 5.25. The summed E-state index contributed by atoms with van der Waals surface area (Å²) in [5.74, 6) is 0. The molecule has 0 amide bonds. The van der Waals surface area contributed by atoms with E-state index in [4.69, 9.17) is 11.6 Å². The van der Waals surface area contributed by atoms with Crippen LogP contribution in [0.5, 0.6) is 0 Å². The zero-order valence-electron chi connectivity index (χ0n) is 10.5. The normalized spacial score (nSPS) is 13.9. The van der Waals surface area contributed by atoms with Crippen LogP contribution in [0.1, 0.15) is 24.5 Å². The molecule has 18 heavy (non-hydrogen) atoms. The van der Waals surface area contributed by atoms with Crippen LogP contribution in [0.2, 0.25) is 0 Å². The second kappa shape index (κ2) is 6.43. The van der Waals surface area contributed by atoms with E-state index in [-0.39, 0.29) is 5.38 Å². The lowest BCUT2D eigenvalue weighted by Crippen LogP contribution is -2.21. The molecule has 0 heterocycles. The zero-order valence-corrected chi connectivity index (χ0v) is 11.2. The summed E-state index contributed by atoms with van der Waals surface area (Å²) in [6.45, 7) is 3.38. The molecule has 0 aliphatic heterocycles. The summed E-state index contributed by atoms with van der Waals surface area (Å²) < 4.78 is 37.1. The van der Waals surface area contributed by atoms with Crippen molar-refractivity contribution >= 4 is 11.6 Å². The summed E-state index contributed by atoms with van der Waals surface area (Å²) in [4.78, 5) is 2.04. The average Bonchev–Trinajstić information content (AvgIpc) is 2.26. The van der Waals surface area contributed by atoms with Crippen molar-refractivity contribution in [2.24, 2.45) is 0 Å². The first-order valence-electron chi connectivity index (χ1n) is 5.78. The highest BCUT2D eigenvalue weighted by Gasteiger charge is 2.29. The predicted molar refractivity (Wildman–Crippen MR) is 67.7 cm³/mol. The molecule has 0 saturated heterocycles. The van der Waals surface area contributed by atoms with E-state index in [0.29, 0.717) is 6.54 Å². The topological polar surface area (TPSA) is 3.24 Å². The van der Waals surface area contributed by atoms with E-state index >= 15 is 0 Å². The first-order chi connectivity index (χ1) is 8.29. The summed E-state index contributed by atoms with van der Waals surface area (Å²) in [5, 5.41) is 0.111. The molecule has 0 aromatic heterocycles. The Morgan fingerprint density at radius 2 is 1.78 bits per heavy atom. The van der Waals surface area contributed by atoms with E-state index in [9.17, 15) is 13.2 Å². The van der Waals surface area contributed by atoms with Gasteiger partial charge in [0, 0.05) is 11.9 Å². The van der Waals surface area contributed by atoms with Gasteiger partial charge >= 0.3 is 6.18 Å². The Balaban J connectivity index is 2.53. The Kier molecular flexibility index (Phi) is 5.47. The van der Waals surface area contributed by atoms with Crippen molar-refractivity contribution in [1.82, 2.24) is 4.90 Å². The maximum absolute atomic E-state index is 12.4. The Labute approximate surface area is 111 Å². The largest absolute Gasteiger partial charge is 0.416 e. The molecule has 1 nitrogen and oxygen atoms in total. The quantitative estimate of drug-likeness (QED) is 0.732. The molecule has 0 N–H and O–H groups in total. The molecule has 1 rings (SSSR count). The summed E-state index contributed by atoms with van der Waals surface area (Å²) in [7, 11) is 1.93. The number of hydrogen-bond donors (Lipinski definition) is 0. The van der Waals surface area contributed by atoms with Gasteiger partial charge in [0.15, 0.2) is 0 Å². The molecule has 0 saturated carbocycles. The SMILES string of the molecule is CC(Cl)CCN(C)Cc1ccc(C(F)(F)F)cc1. The summed E-state index contributed by atoms with van der Waals surface area (Å²) in [6, 6.07) is 5.27. The molecular formula is C13H17ClF3N. The van der Waals surface area contributed by atoms with Crippen LogP contribution in [0.3, 0.4) is 0 Å². The van der Waals surface area contributed by atoms with Crippen LogP contribution < -0.4 is 0 Å². The third-order valence-corrected chi connectivity index (χ3v) is 2.86. The van der Waals surface area contributed by atoms with Gasteiger partial charge in [-0.15, -0.1) is 11.6 Å². The maximum atomic E-state index is 12.4. The van der Waals surface area contributed by atoms with Crippen LogP contribution in [-0.4, -0.2) is 23.9 Å². The molecule has 0 aliphatic carbocycles. The number of nitrogens with zero attached hydrogens (tertiary/aromatic N) is 1. The van der Waals surface area contributed by atoms with Gasteiger partial charge in [-0.3, -0.25) is 0 Å². The minimum absolute atomic E-state index is 0.111. The molecule has 0 spiro atoms. The highest BCUT2D eigenvalue weighted by molar-refractivity contribution is 6.20. The number of benzene rings is 1. The van der Waals surface area contributed by atoms with Crippen molar-refractivity contribution in [1.29, 1.82) is 0 Å². The number of rotatable bonds is 5. The van der Waals surface area contributed by atoms with E-state index in [1.165, 1.54) is 12.1 Å². The van der Waals surface area contributed by atoms with Crippen molar-refractivity contribution in [3.8, 4) is 0 Å². The molecule has 0 bridgehead atoms. The molecule has 1 aromatic carbocycles. The minimum Gasteiger partial charge on any atom is -0.302 e. The van der Waals surface area contributed by atoms with E-state index < -0.39 is 11.7 Å². The van der Waals surface area contributed by atoms with Crippen LogP contribution in [0.4, 0.5) is 13.2 Å². The van der Waals surface area contributed by atoms with Crippen LogP contribution in [-0.2, 0) is 12.7 Å². The van der Waals surface area contributed by atoms with Gasteiger partial charge in [0.1, 0.15) is 0 Å². The summed E-state index contributed by atoms with van der Waals surface area (Å²) in [5.41, 5.74) is 0.260. The van der Waals surface area contributed by atoms with Crippen molar-refractivity contribution in [2.75, 3.05) is 13.6 Å². The lowest BCUT2D eigenvalue weighted by molar-refractivity contribution is -0.137. The standard InChI is InChI=1S/C13H17ClF3N/c1-10(14)7-8-18(2)9-11-3-5-12(6-4-11)13(15,16)17/h3-6,10H,7-9H2,1-2H3. The molecular weight excluding hydrogens is 263 g/mol. The van der Waals surface area contributed by atoms with Crippen LogP contribution in [0, 0.1) is 0 Å². The lowest BCUT2D eigenvalue weighted by atomic mass is 10.1. The van der Waals surface area contributed by atoms with Gasteiger partial charge in [0.05, 0.1) is 5.56 Å². The van der Waals surface area contributed by atoms with Crippen molar-refractivity contribution in [3.63, 3.8) is 0 Å². The van der Waals surface area contributed by atoms with Crippen LogP contribution >= 0.6 is 11.6 Å². The number of alkyl halides is 4. The zero-order chi connectivity index (χ0) is 13.8. The molecule has 1 atom stereocenters. The molecule has 0 fully saturated rings. The van der Waals surface area contributed by atoms with Gasteiger partial charge in [-0.2, -0.15) is 13.2 Å². The first kappa shape index (κ1) is 15.3. The molecule has 1 aromatic rings. The monoisotopic (exact) mass is 279 g/mol. The Morgan fingerprint density at radius 1 is 1.22 bits per heavy atom. The van der Waals surface area contributed by atoms with E-state index in [1.54, 1.807) is 0 Å². The predicted octanol–water partition coefficient (Wildman–Crippen LogP) is 4.15. The number of halogens is 4. The maximum Gasteiger partial charge on any atom is 0.416 e. The van der Waals surface area contributed by atoms with Crippen LogP contribution in [0.25, 0.3) is 0 Å². The molecule has 0 radical (unpaired) electrons. The highest BCUT2D eigenvalue weighted by Crippen LogP contribution is 2.29. The Hall–Kier alpha value is -0.740. The molecule has 0 aliphatic rings. The molecule has 1 unspecified atom stereocenters. The minimum atomic E-state index is -4.27. The molecule has 5 heteroatoms. The number of hydrogen-bond acceptors (Lipinski definition) is 1. The van der Waals surface area contributed by atoms with Gasteiger partial charge in [0.2, 0.25) is 0 Å². The highest BCUT2D eigenvalue weighted by atomic mass is 35.5. The first-order valence-corrected chi connectivity index (χ1v) is 6.21. The van der Waals surface area contributed by atoms with Crippen LogP contribution in [0.15, 0.2) is 24.3 Å². The third-order valence-electron chi connectivity index (χ3n) is 2.64. The fourth-order valence-corrected chi connectivity index (χ4v) is 1.69. The van der Waals surface area contributed by atoms with Crippen molar-refractivity contribution in [2.45, 2.75) is 31.4 Å². The van der Waals surface area contributed by atoms with Gasteiger partial charge < -0.3 is 4.90 Å². The van der Waals surface area contributed by atoms with Gasteiger partial charge in [-0.25, -0.2) is 0 Å². The third kappa shape index (κ3) is 5.27. The van der Waals surface area contributed by atoms with Gasteiger partial charge in [-0.05, 0) is 44.6 Å². The Bertz CT molecular complexity index is 359. The van der Waals surface area contributed by atoms with E-state index in [0.717, 1.165) is 30.7 Å². The second-order valence-electron chi connectivity index (χ2n) is 4.50. The molecule has 102 valence electrons. The Morgan fingerprint density at radius 3 is 2.22 bits per heavy atom. The summed E-state index contributed by atoms with van der Waals surface area (Å²) >= 11 is 5.84. The fraction of sp³-hybridized carbons (Fsp3) is 0.538. The smallest absolute Gasteiger partial charge is 0.302 e. The van der Waals surface area contributed by atoms with Gasteiger partial charge in [-0.1, -0.05) is 12.1 Å². The van der Waals surface area contributed by atoms with Gasteiger partial charge in [0.25, 0.3) is 0 Å². The van der Waals surface area contributed by atoms with Crippen molar-refractivity contribution < 1.29 is 13.2 Å².